The normalized spacial score (nSPS) is 16.1. The minimum atomic E-state index is -3.59. The highest BCUT2D eigenvalue weighted by molar-refractivity contribution is 7.89. The van der Waals surface area contributed by atoms with Gasteiger partial charge in [0, 0.05) is 0 Å². The van der Waals surface area contributed by atoms with Gasteiger partial charge in [0.05, 0.1) is 18.0 Å². The molecule has 0 bridgehead atoms. The number of hydrazine groups is 1. The Balaban J connectivity index is 2.09. The zero-order valence-corrected chi connectivity index (χ0v) is 12.4. The number of nitrogens with one attached hydrogen (secondary N) is 1. The molecule has 1 aliphatic rings. The van der Waals surface area contributed by atoms with E-state index in [-0.39, 0.29) is 11.4 Å². The van der Waals surface area contributed by atoms with Crippen molar-refractivity contribution in [1.82, 2.24) is 9.84 Å². The molecule has 0 fully saturated rings. The summed E-state index contributed by atoms with van der Waals surface area (Å²) in [5.41, 5.74) is 8.12. The molecule has 0 aromatic heterocycles. The first-order valence-electron chi connectivity index (χ1n) is 6.37. The molecule has 0 unspecified atom stereocenters. The van der Waals surface area contributed by atoms with Gasteiger partial charge in [-0.05, 0) is 36.3 Å². The lowest BCUT2D eigenvalue weighted by Gasteiger charge is -2.17. The van der Waals surface area contributed by atoms with Crippen LogP contribution in [0.5, 0.6) is 5.75 Å². The Morgan fingerprint density at radius 2 is 2.00 bits per heavy atom. The van der Waals surface area contributed by atoms with E-state index in [2.05, 4.69) is 19.3 Å². The van der Waals surface area contributed by atoms with Gasteiger partial charge in [-0.25, -0.2) is 8.42 Å². The Labute approximate surface area is 119 Å². The molecule has 1 heterocycles. The van der Waals surface area contributed by atoms with Crippen molar-refractivity contribution in [3.05, 3.63) is 36.2 Å². The first-order chi connectivity index (χ1) is 9.39. The molecule has 0 radical (unpaired) electrons. The van der Waals surface area contributed by atoms with Crippen LogP contribution in [0, 0.1) is 5.92 Å². The molecule has 0 amide bonds. The van der Waals surface area contributed by atoms with E-state index in [0.717, 1.165) is 4.41 Å². The van der Waals surface area contributed by atoms with Crippen molar-refractivity contribution in [2.24, 2.45) is 11.7 Å². The van der Waals surface area contributed by atoms with Crippen molar-refractivity contribution in [3.63, 3.8) is 0 Å². The van der Waals surface area contributed by atoms with Crippen LogP contribution in [-0.4, -0.2) is 26.0 Å². The molecule has 0 spiro atoms. The summed E-state index contributed by atoms with van der Waals surface area (Å²) >= 11 is 0. The quantitative estimate of drug-likeness (QED) is 0.848. The van der Waals surface area contributed by atoms with Crippen molar-refractivity contribution >= 4 is 10.0 Å². The van der Waals surface area contributed by atoms with Crippen LogP contribution in [0.25, 0.3) is 0 Å². The van der Waals surface area contributed by atoms with E-state index in [1.165, 1.54) is 12.1 Å². The third-order valence-corrected chi connectivity index (χ3v) is 4.41. The summed E-state index contributed by atoms with van der Waals surface area (Å²) in [6, 6.07) is 6.37. The van der Waals surface area contributed by atoms with E-state index in [1.54, 1.807) is 18.2 Å². The van der Waals surface area contributed by atoms with Crippen LogP contribution in [0.4, 0.5) is 0 Å². The summed E-state index contributed by atoms with van der Waals surface area (Å²) in [5.74, 6) is 1.41. The number of nitrogens with two attached hydrogens (primary N) is 1. The minimum Gasteiger partial charge on any atom is -0.493 e. The van der Waals surface area contributed by atoms with Gasteiger partial charge in [0.2, 0.25) is 0 Å². The third kappa shape index (κ3) is 3.23. The van der Waals surface area contributed by atoms with Crippen molar-refractivity contribution in [2.45, 2.75) is 18.7 Å². The van der Waals surface area contributed by atoms with Gasteiger partial charge < -0.3 is 10.5 Å². The highest BCUT2D eigenvalue weighted by Crippen LogP contribution is 2.20. The lowest BCUT2D eigenvalue weighted by atomic mass is 10.2. The predicted octanol–water partition coefficient (Wildman–Crippen LogP) is 1.03. The van der Waals surface area contributed by atoms with Gasteiger partial charge in [-0.1, -0.05) is 13.8 Å². The molecular weight excluding hydrogens is 278 g/mol. The first kappa shape index (κ1) is 14.7. The number of ether oxygens (including phenoxy) is 1. The standard InChI is InChI=1S/C13H19N3O3S/c1-10(2)9-19-11-3-5-12(6-4-11)20(17,18)16-8-7-13(14)15-16/h3-7,10,15H,8-9,14H2,1-2H3. The van der Waals surface area contributed by atoms with Gasteiger partial charge >= 0.3 is 0 Å². The molecule has 6 nitrogen and oxygen atoms in total. The Kier molecular flexibility index (Phi) is 4.20. The first-order valence-corrected chi connectivity index (χ1v) is 7.81. The second-order valence-corrected chi connectivity index (χ2v) is 6.85. The zero-order chi connectivity index (χ0) is 14.8. The zero-order valence-electron chi connectivity index (χ0n) is 11.5. The lowest BCUT2D eigenvalue weighted by Crippen LogP contribution is -2.39. The molecule has 0 aliphatic carbocycles. The number of nitrogens with zero attached hydrogens (tertiary/aromatic N) is 1. The van der Waals surface area contributed by atoms with Gasteiger partial charge in [-0.15, -0.1) is 4.41 Å². The fourth-order valence-corrected chi connectivity index (χ4v) is 2.90. The van der Waals surface area contributed by atoms with Gasteiger partial charge in [0.25, 0.3) is 10.0 Å². The van der Waals surface area contributed by atoms with E-state index < -0.39 is 10.0 Å². The number of hydrogen-bond donors (Lipinski definition) is 2. The van der Waals surface area contributed by atoms with E-state index in [9.17, 15) is 8.42 Å². The van der Waals surface area contributed by atoms with Gasteiger partial charge in [-0.2, -0.15) is 0 Å². The second kappa shape index (κ2) is 5.72. The Morgan fingerprint density at radius 1 is 1.35 bits per heavy atom. The van der Waals surface area contributed by atoms with Crippen LogP contribution in [0.3, 0.4) is 0 Å². The summed E-state index contributed by atoms with van der Waals surface area (Å²) in [7, 11) is -3.59. The smallest absolute Gasteiger partial charge is 0.260 e. The second-order valence-electron chi connectivity index (χ2n) is 4.98. The van der Waals surface area contributed by atoms with Crippen LogP contribution in [0.1, 0.15) is 13.8 Å². The average Bonchev–Trinajstić information content (AvgIpc) is 2.84. The van der Waals surface area contributed by atoms with Crippen molar-refractivity contribution in [3.8, 4) is 5.75 Å². The Bertz CT molecular complexity index is 594. The SMILES string of the molecule is CC(C)COc1ccc(S(=O)(=O)N2CC=C(N)N2)cc1. The fourth-order valence-electron chi connectivity index (χ4n) is 1.67. The third-order valence-electron chi connectivity index (χ3n) is 2.73. The summed E-state index contributed by atoms with van der Waals surface area (Å²) in [6.45, 7) is 4.92. The average molecular weight is 297 g/mol. The summed E-state index contributed by atoms with van der Waals surface area (Å²) < 4.78 is 31.2. The van der Waals surface area contributed by atoms with Crippen LogP contribution < -0.4 is 15.9 Å². The topological polar surface area (TPSA) is 84.7 Å². The molecule has 0 atom stereocenters. The van der Waals surface area contributed by atoms with Gasteiger partial charge in [-0.3, -0.25) is 5.43 Å². The van der Waals surface area contributed by atoms with E-state index in [4.69, 9.17) is 10.5 Å². The maximum Gasteiger partial charge on any atom is 0.260 e. The number of rotatable bonds is 5. The molecule has 110 valence electrons. The number of hydrogen-bond acceptors (Lipinski definition) is 5. The van der Waals surface area contributed by atoms with Crippen LogP contribution in [-0.2, 0) is 10.0 Å². The van der Waals surface area contributed by atoms with Crippen LogP contribution >= 0.6 is 0 Å². The Hall–Kier alpha value is -1.73. The van der Waals surface area contributed by atoms with Gasteiger partial charge in [0.1, 0.15) is 11.6 Å². The van der Waals surface area contributed by atoms with Crippen molar-refractivity contribution in [2.75, 3.05) is 13.2 Å². The predicted molar refractivity (Wildman–Crippen MR) is 76.1 cm³/mol. The highest BCUT2D eigenvalue weighted by atomic mass is 32.2. The summed E-state index contributed by atoms with van der Waals surface area (Å²) in [4.78, 5) is 0.199. The molecule has 1 aliphatic heterocycles. The number of benzene rings is 1. The van der Waals surface area contributed by atoms with Crippen molar-refractivity contribution in [1.29, 1.82) is 0 Å². The minimum absolute atomic E-state index is 0.199. The molecule has 3 N–H and O–H groups in total. The molecule has 1 aromatic rings. The number of sulfonamides is 1. The maximum atomic E-state index is 12.3. The maximum absolute atomic E-state index is 12.3. The summed E-state index contributed by atoms with van der Waals surface area (Å²) in [5, 5.41) is 0. The van der Waals surface area contributed by atoms with Crippen LogP contribution in [0.15, 0.2) is 41.1 Å². The molecule has 1 aromatic carbocycles. The molecule has 20 heavy (non-hydrogen) atoms. The lowest BCUT2D eigenvalue weighted by molar-refractivity contribution is 0.271. The highest BCUT2D eigenvalue weighted by Gasteiger charge is 2.27. The van der Waals surface area contributed by atoms with E-state index >= 15 is 0 Å². The summed E-state index contributed by atoms with van der Waals surface area (Å²) in [6.07, 6.45) is 1.61. The van der Waals surface area contributed by atoms with Crippen molar-refractivity contribution < 1.29 is 13.2 Å². The fraction of sp³-hybridized carbons (Fsp3) is 0.385. The molecule has 0 saturated carbocycles. The Morgan fingerprint density at radius 3 is 2.50 bits per heavy atom. The van der Waals surface area contributed by atoms with E-state index in [0.29, 0.717) is 24.1 Å². The molecular formula is C13H19N3O3S. The van der Waals surface area contributed by atoms with Crippen LogP contribution in [0.2, 0.25) is 0 Å². The largest absolute Gasteiger partial charge is 0.493 e. The molecule has 7 heteroatoms. The van der Waals surface area contributed by atoms with E-state index in [1.807, 2.05) is 0 Å². The molecule has 2 rings (SSSR count). The molecule has 0 saturated heterocycles. The van der Waals surface area contributed by atoms with Gasteiger partial charge in [0.15, 0.2) is 0 Å². The monoisotopic (exact) mass is 297 g/mol.